The number of Topliss-reactive ketones (excluding diaryl/α,β-unsaturated/α-hetero) is 1. The van der Waals surface area contributed by atoms with Crippen LogP contribution >= 0.6 is 23.5 Å². The van der Waals surface area contributed by atoms with Crippen LogP contribution in [0, 0.1) is 60.9 Å². The average molecular weight is 276 g/mol. The van der Waals surface area contributed by atoms with E-state index < -0.39 is 0 Å². The maximum absolute atomic E-state index is 12.5. The molecule has 0 atom stereocenters. The summed E-state index contributed by atoms with van der Waals surface area (Å²) in [5.74, 6) is 1.78. The number of ketones is 1. The van der Waals surface area contributed by atoms with Crippen LogP contribution in [0.5, 0.6) is 0 Å². The zero-order valence-electron chi connectivity index (χ0n) is 10.8. The summed E-state index contributed by atoms with van der Waals surface area (Å²) in [6.07, 6.45) is 13.8. The molecule has 2 aliphatic carbocycles. The summed E-state index contributed by atoms with van der Waals surface area (Å²) in [5.41, 5.74) is 0. The monoisotopic (exact) mass is 276 g/mol. The van der Waals surface area contributed by atoms with Crippen molar-refractivity contribution >= 4 is 29.3 Å². The van der Waals surface area contributed by atoms with E-state index in [4.69, 9.17) is 0 Å². The molecule has 0 amide bonds. The Labute approximate surface area is 120 Å². The van der Waals surface area contributed by atoms with Crippen LogP contribution in [0.15, 0.2) is 0 Å². The molecule has 0 bridgehead atoms. The first-order chi connectivity index (χ1) is 8.63. The second kappa shape index (κ2) is 6.69. The van der Waals surface area contributed by atoms with Crippen LogP contribution < -0.4 is 0 Å². The Hall–Kier alpha value is 0.370. The third-order valence-electron chi connectivity index (χ3n) is 2.62. The first-order valence-corrected chi connectivity index (χ1v) is 8.00. The number of hydrogen-bond acceptors (Lipinski definition) is 3. The van der Waals surface area contributed by atoms with Crippen molar-refractivity contribution in [2.75, 3.05) is 6.26 Å². The van der Waals surface area contributed by atoms with Gasteiger partial charge in [0.2, 0.25) is 0 Å². The minimum absolute atomic E-state index is 0.137. The van der Waals surface area contributed by atoms with E-state index in [1.54, 1.807) is 23.5 Å². The minimum Gasteiger partial charge on any atom is -0.298 e. The van der Waals surface area contributed by atoms with Crippen molar-refractivity contribution in [3.63, 3.8) is 0 Å². The van der Waals surface area contributed by atoms with E-state index in [9.17, 15) is 4.79 Å². The van der Waals surface area contributed by atoms with Crippen LogP contribution in [0.3, 0.4) is 0 Å². The van der Waals surface area contributed by atoms with Gasteiger partial charge >= 0.3 is 0 Å². The minimum atomic E-state index is 0.137. The lowest BCUT2D eigenvalue weighted by Gasteiger charge is -2.23. The fraction of sp³-hybridized carbons (Fsp3) is 0.267. The molecule has 18 heavy (non-hydrogen) atoms. The summed E-state index contributed by atoms with van der Waals surface area (Å²) in [6, 6.07) is 0. The molecule has 0 saturated heterocycles. The molecular formula is C15H16OS2. The van der Waals surface area contributed by atoms with Crippen molar-refractivity contribution in [3.05, 3.63) is 60.9 Å². The molecule has 0 aliphatic heterocycles. The molecular weight excluding hydrogens is 260 g/mol. The van der Waals surface area contributed by atoms with Crippen molar-refractivity contribution in [2.45, 2.75) is 19.1 Å². The van der Waals surface area contributed by atoms with Gasteiger partial charge in [-0.2, -0.15) is 11.8 Å². The second-order valence-corrected chi connectivity index (χ2v) is 6.77. The van der Waals surface area contributed by atoms with E-state index in [1.165, 1.54) is 0 Å². The van der Waals surface area contributed by atoms with Crippen LogP contribution in [0.2, 0.25) is 0 Å². The Balaban J connectivity index is 1.99. The lowest BCUT2D eigenvalue weighted by Crippen LogP contribution is -2.23. The van der Waals surface area contributed by atoms with Gasteiger partial charge in [-0.15, -0.1) is 11.8 Å². The lowest BCUT2D eigenvalue weighted by molar-refractivity contribution is -0.114. The summed E-state index contributed by atoms with van der Waals surface area (Å²) >= 11 is 3.36. The fourth-order valence-corrected chi connectivity index (χ4v) is 3.41. The standard InChI is InChI=1S/C15H16OS2/c1-10(2)18-14-9-5-7-12(14)15(16)11-6-4-8-13(11)17-3/h4-10H,1-3H3. The summed E-state index contributed by atoms with van der Waals surface area (Å²) in [5, 5.41) is 2.63. The first kappa shape index (κ1) is 14.8. The molecule has 3 heteroatoms. The third kappa shape index (κ3) is 3.27. The maximum Gasteiger partial charge on any atom is 0.150 e. The molecule has 2 fully saturated rings. The summed E-state index contributed by atoms with van der Waals surface area (Å²) in [7, 11) is 0. The first-order valence-electron chi connectivity index (χ1n) is 5.90. The Morgan fingerprint density at radius 3 is 2.11 bits per heavy atom. The largest absolute Gasteiger partial charge is 0.298 e. The van der Waals surface area contributed by atoms with Crippen molar-refractivity contribution in [3.8, 4) is 0 Å². The van der Waals surface area contributed by atoms with Gasteiger partial charge < -0.3 is 0 Å². The summed E-state index contributed by atoms with van der Waals surface area (Å²) in [6.45, 7) is 4.28. The molecule has 94 valence electrons. The highest BCUT2D eigenvalue weighted by atomic mass is 32.2. The van der Waals surface area contributed by atoms with Gasteiger partial charge in [-0.1, -0.05) is 13.8 Å². The maximum atomic E-state index is 12.5. The smallest absolute Gasteiger partial charge is 0.150 e. The summed E-state index contributed by atoms with van der Waals surface area (Å²) < 4.78 is 0. The number of carbonyl (C=O) groups is 1. The van der Waals surface area contributed by atoms with E-state index in [2.05, 4.69) is 13.8 Å². The molecule has 0 unspecified atom stereocenters. The van der Waals surface area contributed by atoms with Crippen LogP contribution in [0.1, 0.15) is 13.8 Å². The molecule has 0 heterocycles. The molecule has 2 aliphatic rings. The molecule has 0 aromatic rings. The number of carbonyl (C=O) groups excluding carboxylic acids is 1. The fourth-order valence-electron chi connectivity index (χ4n) is 1.86. The highest BCUT2D eigenvalue weighted by Crippen LogP contribution is 2.49. The van der Waals surface area contributed by atoms with Crippen LogP contribution in [0.4, 0.5) is 0 Å². The molecule has 2 saturated carbocycles. The second-order valence-electron chi connectivity index (χ2n) is 4.31. The Morgan fingerprint density at radius 1 is 1.00 bits per heavy atom. The third-order valence-corrected chi connectivity index (χ3v) is 4.50. The van der Waals surface area contributed by atoms with Crippen molar-refractivity contribution in [2.24, 2.45) is 0 Å². The molecule has 0 spiro atoms. The van der Waals surface area contributed by atoms with E-state index in [0.717, 1.165) is 22.3 Å². The number of thioether (sulfide) groups is 2. The lowest BCUT2D eigenvalue weighted by atomic mass is 9.90. The Morgan fingerprint density at radius 2 is 1.56 bits per heavy atom. The van der Waals surface area contributed by atoms with Gasteiger partial charge in [-0.3, -0.25) is 4.79 Å². The van der Waals surface area contributed by atoms with Gasteiger partial charge in [0.15, 0.2) is 5.78 Å². The zero-order chi connectivity index (χ0) is 13.1. The highest BCUT2D eigenvalue weighted by Gasteiger charge is 2.43. The molecule has 1 nitrogen and oxygen atoms in total. The quantitative estimate of drug-likeness (QED) is 0.764. The predicted molar refractivity (Wildman–Crippen MR) is 80.0 cm³/mol. The molecule has 2 rings (SSSR count). The van der Waals surface area contributed by atoms with Crippen molar-refractivity contribution in [1.82, 2.24) is 0 Å². The van der Waals surface area contributed by atoms with Gasteiger partial charge in [-0.25, -0.2) is 0 Å². The van der Waals surface area contributed by atoms with Crippen LogP contribution in [-0.4, -0.2) is 17.3 Å². The van der Waals surface area contributed by atoms with Gasteiger partial charge in [0.1, 0.15) is 0 Å². The van der Waals surface area contributed by atoms with E-state index in [0.29, 0.717) is 5.25 Å². The van der Waals surface area contributed by atoms with Gasteiger partial charge in [0.25, 0.3) is 0 Å². The topological polar surface area (TPSA) is 17.1 Å². The normalized spacial score (nSPS) is 24.4. The SMILES string of the molecule is CS[C]1[CH][CH][CH][C]1C(=O)[C]1[CH][CH][CH][C]1SC(C)C. The summed E-state index contributed by atoms with van der Waals surface area (Å²) in [4.78, 5) is 12.5. The molecule has 10 radical (unpaired) electrons. The van der Waals surface area contributed by atoms with E-state index in [-0.39, 0.29) is 5.78 Å². The van der Waals surface area contributed by atoms with Gasteiger partial charge in [0.05, 0.1) is 11.8 Å². The van der Waals surface area contributed by atoms with Gasteiger partial charge in [0, 0.05) is 10.5 Å². The van der Waals surface area contributed by atoms with Crippen molar-refractivity contribution < 1.29 is 4.79 Å². The predicted octanol–water partition coefficient (Wildman–Crippen LogP) is 3.53. The zero-order valence-corrected chi connectivity index (χ0v) is 12.4. The number of rotatable bonds is 5. The number of hydrogen-bond donors (Lipinski definition) is 0. The van der Waals surface area contributed by atoms with Crippen molar-refractivity contribution in [1.29, 1.82) is 0 Å². The van der Waals surface area contributed by atoms with Crippen LogP contribution in [-0.2, 0) is 4.79 Å². The van der Waals surface area contributed by atoms with Crippen LogP contribution in [0.25, 0.3) is 0 Å². The Kier molecular flexibility index (Phi) is 5.49. The Bertz CT molecular complexity index is 290. The van der Waals surface area contributed by atoms with E-state index >= 15 is 0 Å². The highest BCUT2D eigenvalue weighted by molar-refractivity contribution is 8.03. The molecule has 0 N–H and O–H groups in total. The van der Waals surface area contributed by atoms with Gasteiger partial charge in [-0.05, 0) is 50.0 Å². The van der Waals surface area contributed by atoms with E-state index in [1.807, 2.05) is 44.8 Å². The average Bonchev–Trinajstić information content (AvgIpc) is 2.95. The molecule has 0 aromatic heterocycles. The molecule has 0 aromatic carbocycles.